The number of ether oxygens (including phenoxy) is 2. The fourth-order valence-electron chi connectivity index (χ4n) is 3.37. The van der Waals surface area contributed by atoms with E-state index in [9.17, 15) is 14.7 Å². The maximum absolute atomic E-state index is 12.0. The lowest BCUT2D eigenvalue weighted by Gasteiger charge is -2.19. The third-order valence-corrected chi connectivity index (χ3v) is 4.88. The minimum Gasteiger partial charge on any atom is -0.502 e. The monoisotopic (exact) mass is 423 g/mol. The Labute approximate surface area is 180 Å². The minimum atomic E-state index is -0.752. The maximum atomic E-state index is 12.0. The molecule has 0 spiro atoms. The van der Waals surface area contributed by atoms with Crippen molar-refractivity contribution in [3.63, 3.8) is 0 Å². The fraction of sp³-hybridized carbons (Fsp3) is 0.250. The van der Waals surface area contributed by atoms with Gasteiger partial charge in [0.1, 0.15) is 5.76 Å². The van der Waals surface area contributed by atoms with Crippen LogP contribution in [0.15, 0.2) is 63.8 Å². The van der Waals surface area contributed by atoms with Crippen molar-refractivity contribution in [2.75, 3.05) is 13.7 Å². The Morgan fingerprint density at radius 2 is 1.87 bits per heavy atom. The van der Waals surface area contributed by atoms with Gasteiger partial charge in [-0.1, -0.05) is 36.4 Å². The number of carbonyl (C=O) groups excluding carboxylic acids is 1. The maximum Gasteiger partial charge on any atom is 0.227 e. The molecule has 1 aromatic heterocycles. The lowest BCUT2D eigenvalue weighted by molar-refractivity contribution is -0.118. The molecule has 3 aromatic rings. The highest BCUT2D eigenvalue weighted by molar-refractivity contribution is 5.75. The summed E-state index contributed by atoms with van der Waals surface area (Å²) in [6.07, 6.45) is 0.579. The van der Waals surface area contributed by atoms with E-state index in [1.165, 1.54) is 13.2 Å². The zero-order chi connectivity index (χ0) is 22.4. The first-order valence-corrected chi connectivity index (χ1v) is 9.85. The molecule has 1 atom stereocenters. The first-order chi connectivity index (χ1) is 14.9. The van der Waals surface area contributed by atoms with Crippen LogP contribution in [0, 0.1) is 6.92 Å². The van der Waals surface area contributed by atoms with Crippen LogP contribution in [0.4, 0.5) is 0 Å². The number of hydrogen-bond acceptors (Lipinski definition) is 6. The molecule has 0 unspecified atom stereocenters. The molecular formula is C24H25NO6. The molecule has 0 bridgehead atoms. The number of hydrogen-bond donors (Lipinski definition) is 2. The second kappa shape index (κ2) is 9.84. The topological polar surface area (TPSA) is 112 Å². The Kier molecular flexibility index (Phi) is 6.97. The molecule has 1 amide bonds. The van der Waals surface area contributed by atoms with Crippen molar-refractivity contribution >= 4 is 5.91 Å². The van der Waals surface area contributed by atoms with Crippen LogP contribution in [-0.4, -0.2) is 24.7 Å². The summed E-state index contributed by atoms with van der Waals surface area (Å²) in [5.74, 6) is -0.597. The van der Waals surface area contributed by atoms with Crippen LogP contribution in [-0.2, 0) is 11.2 Å². The summed E-state index contributed by atoms with van der Waals surface area (Å²) in [7, 11) is 1.51. The Hall–Kier alpha value is -3.74. The van der Waals surface area contributed by atoms with Crippen molar-refractivity contribution in [2.45, 2.75) is 25.7 Å². The Morgan fingerprint density at radius 3 is 2.55 bits per heavy atom. The van der Waals surface area contributed by atoms with Gasteiger partial charge in [0.2, 0.25) is 17.1 Å². The SMILES string of the molecule is COc1cc([C@H](CC(N)=O)c2oc(C)cc(=O)c2O)ccc1OCCc1ccccc1. The number of benzene rings is 2. The third kappa shape index (κ3) is 5.45. The summed E-state index contributed by atoms with van der Waals surface area (Å²) in [5.41, 5.74) is 6.59. The highest BCUT2D eigenvalue weighted by atomic mass is 16.5. The molecule has 3 N–H and O–H groups in total. The number of carbonyl (C=O) groups is 1. The molecule has 0 aliphatic carbocycles. The number of primary amides is 1. The first kappa shape index (κ1) is 22.0. The lowest BCUT2D eigenvalue weighted by atomic mass is 9.91. The van der Waals surface area contributed by atoms with E-state index >= 15 is 0 Å². The summed E-state index contributed by atoms with van der Waals surface area (Å²) in [5, 5.41) is 10.3. The molecule has 3 rings (SSSR count). The van der Waals surface area contributed by atoms with E-state index in [1.54, 1.807) is 25.1 Å². The predicted octanol–water partition coefficient (Wildman–Crippen LogP) is 3.29. The second-order valence-corrected chi connectivity index (χ2v) is 7.15. The van der Waals surface area contributed by atoms with Gasteiger partial charge in [0.25, 0.3) is 0 Å². The van der Waals surface area contributed by atoms with Crippen molar-refractivity contribution in [3.05, 3.63) is 87.5 Å². The average molecular weight is 423 g/mol. The van der Waals surface area contributed by atoms with Gasteiger partial charge in [0.15, 0.2) is 17.3 Å². The number of aryl methyl sites for hydroxylation is 1. The molecule has 7 nitrogen and oxygen atoms in total. The van der Waals surface area contributed by atoms with Crippen molar-refractivity contribution in [1.82, 2.24) is 0 Å². The minimum absolute atomic E-state index is 0.0106. The van der Waals surface area contributed by atoms with Gasteiger partial charge >= 0.3 is 0 Å². The summed E-state index contributed by atoms with van der Waals surface area (Å²) >= 11 is 0. The van der Waals surface area contributed by atoms with Crippen molar-refractivity contribution in [1.29, 1.82) is 0 Å². The van der Waals surface area contributed by atoms with Crippen LogP contribution in [0.3, 0.4) is 0 Å². The van der Waals surface area contributed by atoms with E-state index in [2.05, 4.69) is 0 Å². The van der Waals surface area contributed by atoms with Gasteiger partial charge in [-0.2, -0.15) is 0 Å². The van der Waals surface area contributed by atoms with Crippen molar-refractivity contribution in [2.24, 2.45) is 5.73 Å². The van der Waals surface area contributed by atoms with Gasteiger partial charge in [-0.15, -0.1) is 0 Å². The molecule has 0 aliphatic heterocycles. The summed E-state index contributed by atoms with van der Waals surface area (Å²) < 4.78 is 16.9. The van der Waals surface area contributed by atoms with Crippen LogP contribution >= 0.6 is 0 Å². The van der Waals surface area contributed by atoms with Gasteiger partial charge in [0.05, 0.1) is 19.6 Å². The average Bonchev–Trinajstić information content (AvgIpc) is 2.75. The molecule has 0 saturated carbocycles. The van der Waals surface area contributed by atoms with Crippen molar-refractivity contribution < 1.29 is 23.8 Å². The first-order valence-electron chi connectivity index (χ1n) is 9.85. The van der Waals surface area contributed by atoms with Crippen LogP contribution in [0.2, 0.25) is 0 Å². The van der Waals surface area contributed by atoms with E-state index in [1.807, 2.05) is 30.3 Å². The Morgan fingerprint density at radius 1 is 1.13 bits per heavy atom. The van der Waals surface area contributed by atoms with E-state index in [4.69, 9.17) is 19.6 Å². The number of aromatic hydroxyl groups is 1. The normalized spacial score (nSPS) is 11.7. The van der Waals surface area contributed by atoms with Gasteiger partial charge in [0, 0.05) is 18.9 Å². The largest absolute Gasteiger partial charge is 0.502 e. The fourth-order valence-corrected chi connectivity index (χ4v) is 3.37. The molecule has 1 heterocycles. The highest BCUT2D eigenvalue weighted by Crippen LogP contribution is 2.37. The van der Waals surface area contributed by atoms with Crippen molar-refractivity contribution in [3.8, 4) is 17.2 Å². The zero-order valence-corrected chi connectivity index (χ0v) is 17.5. The molecule has 0 radical (unpaired) electrons. The van der Waals surface area contributed by atoms with E-state index in [0.29, 0.717) is 29.4 Å². The number of amides is 1. The molecule has 0 fully saturated rings. The van der Waals surface area contributed by atoms with E-state index in [-0.39, 0.29) is 12.2 Å². The number of nitrogens with two attached hydrogens (primary N) is 1. The van der Waals surface area contributed by atoms with Crippen LogP contribution in [0.5, 0.6) is 17.2 Å². The predicted molar refractivity (Wildman–Crippen MR) is 116 cm³/mol. The van der Waals surface area contributed by atoms with E-state index < -0.39 is 23.0 Å². The standard InChI is InChI=1S/C24H25NO6/c1-15-12-19(26)23(28)24(31-15)18(14-22(25)27)17-8-9-20(21(13-17)29-2)30-11-10-16-6-4-3-5-7-16/h3-9,12-13,18,28H,10-11,14H2,1-2H3,(H2,25,27)/t18-/m0/s1. The summed E-state index contributed by atoms with van der Waals surface area (Å²) in [6, 6.07) is 16.3. The number of rotatable bonds is 9. The third-order valence-electron chi connectivity index (χ3n) is 4.88. The zero-order valence-electron chi connectivity index (χ0n) is 17.5. The molecule has 0 aliphatic rings. The molecular weight excluding hydrogens is 398 g/mol. The Bertz CT molecular complexity index is 1110. The highest BCUT2D eigenvalue weighted by Gasteiger charge is 2.26. The summed E-state index contributed by atoms with van der Waals surface area (Å²) in [4.78, 5) is 23.7. The second-order valence-electron chi connectivity index (χ2n) is 7.15. The van der Waals surface area contributed by atoms with Crippen LogP contribution in [0.25, 0.3) is 0 Å². The van der Waals surface area contributed by atoms with Gasteiger partial charge in [-0.25, -0.2) is 0 Å². The quantitative estimate of drug-likeness (QED) is 0.546. The molecule has 162 valence electrons. The van der Waals surface area contributed by atoms with Gasteiger partial charge in [-0.05, 0) is 30.2 Å². The molecule has 31 heavy (non-hydrogen) atoms. The van der Waals surface area contributed by atoms with E-state index in [0.717, 1.165) is 12.0 Å². The van der Waals surface area contributed by atoms with Gasteiger partial charge < -0.3 is 24.7 Å². The Balaban J connectivity index is 1.88. The smallest absolute Gasteiger partial charge is 0.227 e. The molecule has 2 aromatic carbocycles. The lowest BCUT2D eigenvalue weighted by Crippen LogP contribution is -2.18. The van der Waals surface area contributed by atoms with Gasteiger partial charge in [-0.3, -0.25) is 9.59 Å². The van der Waals surface area contributed by atoms with Crippen LogP contribution < -0.4 is 20.6 Å². The van der Waals surface area contributed by atoms with Crippen LogP contribution in [0.1, 0.15) is 35.0 Å². The summed E-state index contributed by atoms with van der Waals surface area (Å²) in [6.45, 7) is 2.05. The molecule has 7 heteroatoms. The number of methoxy groups -OCH3 is 1. The molecule has 0 saturated heterocycles.